The van der Waals surface area contributed by atoms with Crippen LogP contribution in [-0.2, 0) is 11.2 Å². The van der Waals surface area contributed by atoms with Crippen molar-refractivity contribution >= 4 is 17.6 Å². The van der Waals surface area contributed by atoms with Gasteiger partial charge in [0.25, 0.3) is 0 Å². The zero-order chi connectivity index (χ0) is 15.7. The van der Waals surface area contributed by atoms with E-state index in [2.05, 4.69) is 10.6 Å². The molecule has 6 N–H and O–H groups in total. The molecule has 1 rings (SSSR count). The lowest BCUT2D eigenvalue weighted by molar-refractivity contribution is -0.123. The van der Waals surface area contributed by atoms with E-state index < -0.39 is 12.1 Å². The Balaban J connectivity index is 2.41. The zero-order valence-corrected chi connectivity index (χ0v) is 12.4. The van der Waals surface area contributed by atoms with Crippen LogP contribution in [0.5, 0.6) is 0 Å². The smallest absolute Gasteiger partial charge is 0.312 e. The van der Waals surface area contributed by atoms with Crippen LogP contribution in [0.3, 0.4) is 0 Å². The molecule has 1 aromatic rings. The lowest BCUT2D eigenvalue weighted by atomic mass is 10.1. The molecule has 0 heterocycles. The van der Waals surface area contributed by atoms with Crippen molar-refractivity contribution in [1.29, 1.82) is 0 Å². The maximum absolute atomic E-state index is 12.0. The summed E-state index contributed by atoms with van der Waals surface area (Å²) in [6.07, 6.45) is 3.11. The van der Waals surface area contributed by atoms with Gasteiger partial charge in [0.2, 0.25) is 5.91 Å². The Bertz CT molecular complexity index is 459. The molecule has 116 valence electrons. The van der Waals surface area contributed by atoms with E-state index in [0.29, 0.717) is 25.1 Å². The average molecular weight is 292 g/mol. The monoisotopic (exact) mass is 292 g/mol. The molecule has 21 heavy (non-hydrogen) atoms. The van der Waals surface area contributed by atoms with Crippen LogP contribution in [0, 0.1) is 0 Å². The Kier molecular flexibility index (Phi) is 7.08. The first-order chi connectivity index (χ1) is 10.0. The molecule has 3 amide bonds. The first kappa shape index (κ1) is 16.8. The minimum absolute atomic E-state index is 0.197. The molecule has 1 unspecified atom stereocenters. The fraction of sp³-hybridized carbons (Fsp3) is 0.467. The predicted octanol–water partition coefficient (Wildman–Crippen LogP) is 1.15. The molecular formula is C15H24N4O2. The Morgan fingerprint density at radius 2 is 1.90 bits per heavy atom. The van der Waals surface area contributed by atoms with Crippen molar-refractivity contribution < 1.29 is 9.59 Å². The molecule has 0 aliphatic heterocycles. The Hall–Kier alpha value is -2.24. The van der Waals surface area contributed by atoms with E-state index >= 15 is 0 Å². The second kappa shape index (κ2) is 8.84. The van der Waals surface area contributed by atoms with Gasteiger partial charge in [-0.25, -0.2) is 4.79 Å². The minimum Gasteiger partial charge on any atom is -0.399 e. The lowest BCUT2D eigenvalue weighted by Crippen LogP contribution is -2.48. The van der Waals surface area contributed by atoms with Crippen molar-refractivity contribution in [3.63, 3.8) is 0 Å². The maximum atomic E-state index is 12.0. The molecule has 0 radical (unpaired) electrons. The number of nitrogens with one attached hydrogen (secondary N) is 2. The number of benzene rings is 1. The molecule has 0 saturated heterocycles. The molecule has 0 bridgehead atoms. The Morgan fingerprint density at radius 1 is 1.24 bits per heavy atom. The number of anilines is 1. The van der Waals surface area contributed by atoms with E-state index in [1.165, 1.54) is 0 Å². The van der Waals surface area contributed by atoms with Gasteiger partial charge in [-0.15, -0.1) is 0 Å². The van der Waals surface area contributed by atoms with Crippen LogP contribution < -0.4 is 22.1 Å². The standard InChI is InChI=1S/C15H24N4O2/c1-2-3-4-13(19-15(17)21)14(20)18-10-9-11-5-7-12(16)8-6-11/h5-8,13H,2-4,9-10,16H2,1H3,(H,18,20)(H3,17,19,21). The number of hydrogen-bond acceptors (Lipinski definition) is 3. The van der Waals surface area contributed by atoms with Crippen LogP contribution in [0.4, 0.5) is 10.5 Å². The first-order valence-corrected chi connectivity index (χ1v) is 7.21. The summed E-state index contributed by atoms with van der Waals surface area (Å²) >= 11 is 0. The summed E-state index contributed by atoms with van der Waals surface area (Å²) in [7, 11) is 0. The van der Waals surface area contributed by atoms with Crippen molar-refractivity contribution in [3.8, 4) is 0 Å². The summed E-state index contributed by atoms with van der Waals surface area (Å²) in [4.78, 5) is 23.0. The van der Waals surface area contributed by atoms with Crippen molar-refractivity contribution in [2.45, 2.75) is 38.6 Å². The molecule has 0 aromatic heterocycles. The van der Waals surface area contributed by atoms with Crippen LogP contribution in [-0.4, -0.2) is 24.5 Å². The number of urea groups is 1. The fourth-order valence-electron chi connectivity index (χ4n) is 1.99. The number of carbonyl (C=O) groups is 2. The predicted molar refractivity (Wildman–Crippen MR) is 83.6 cm³/mol. The molecule has 1 aromatic carbocycles. The van der Waals surface area contributed by atoms with E-state index in [1.54, 1.807) is 0 Å². The van der Waals surface area contributed by atoms with E-state index in [0.717, 1.165) is 18.4 Å². The molecule has 0 spiro atoms. The van der Waals surface area contributed by atoms with Crippen molar-refractivity contribution in [3.05, 3.63) is 29.8 Å². The number of nitrogens with two attached hydrogens (primary N) is 2. The van der Waals surface area contributed by atoms with Gasteiger partial charge in [-0.1, -0.05) is 31.9 Å². The normalized spacial score (nSPS) is 11.7. The topological polar surface area (TPSA) is 110 Å². The summed E-state index contributed by atoms with van der Waals surface area (Å²) in [5, 5.41) is 5.30. The van der Waals surface area contributed by atoms with Crippen LogP contribution in [0.25, 0.3) is 0 Å². The summed E-state index contributed by atoms with van der Waals surface area (Å²) in [6, 6.07) is 6.28. The van der Waals surface area contributed by atoms with Gasteiger partial charge in [0, 0.05) is 12.2 Å². The molecule has 0 fully saturated rings. The van der Waals surface area contributed by atoms with Crippen molar-refractivity contribution in [2.75, 3.05) is 12.3 Å². The Labute approximate surface area is 125 Å². The molecule has 0 aliphatic carbocycles. The van der Waals surface area contributed by atoms with Crippen molar-refractivity contribution in [1.82, 2.24) is 10.6 Å². The van der Waals surface area contributed by atoms with E-state index in [9.17, 15) is 9.59 Å². The highest BCUT2D eigenvalue weighted by Gasteiger charge is 2.18. The summed E-state index contributed by atoms with van der Waals surface area (Å²) in [6.45, 7) is 2.53. The number of carbonyl (C=O) groups excluding carboxylic acids is 2. The molecular weight excluding hydrogens is 268 g/mol. The number of rotatable bonds is 8. The third kappa shape index (κ3) is 6.65. The third-order valence-electron chi connectivity index (χ3n) is 3.17. The van der Waals surface area contributed by atoms with Crippen LogP contribution in [0.2, 0.25) is 0 Å². The molecule has 0 saturated carbocycles. The highest BCUT2D eigenvalue weighted by atomic mass is 16.2. The van der Waals surface area contributed by atoms with Gasteiger partial charge >= 0.3 is 6.03 Å². The molecule has 6 nitrogen and oxygen atoms in total. The van der Waals surface area contributed by atoms with E-state index in [4.69, 9.17) is 11.5 Å². The van der Waals surface area contributed by atoms with Gasteiger partial charge in [-0.3, -0.25) is 4.79 Å². The second-order valence-corrected chi connectivity index (χ2v) is 4.99. The number of hydrogen-bond donors (Lipinski definition) is 4. The summed E-state index contributed by atoms with van der Waals surface area (Å²) in [5.41, 5.74) is 12.5. The highest BCUT2D eigenvalue weighted by Crippen LogP contribution is 2.06. The number of amides is 3. The van der Waals surface area contributed by atoms with E-state index in [-0.39, 0.29) is 5.91 Å². The molecule has 0 aliphatic rings. The maximum Gasteiger partial charge on any atom is 0.312 e. The number of primary amides is 1. The fourth-order valence-corrected chi connectivity index (χ4v) is 1.99. The quantitative estimate of drug-likeness (QED) is 0.539. The van der Waals surface area contributed by atoms with Crippen LogP contribution in [0.15, 0.2) is 24.3 Å². The third-order valence-corrected chi connectivity index (χ3v) is 3.17. The SMILES string of the molecule is CCCCC(NC(N)=O)C(=O)NCCc1ccc(N)cc1. The Morgan fingerprint density at radius 3 is 2.48 bits per heavy atom. The summed E-state index contributed by atoms with van der Waals surface area (Å²) < 4.78 is 0. The van der Waals surface area contributed by atoms with Crippen LogP contribution in [0.1, 0.15) is 31.7 Å². The second-order valence-electron chi connectivity index (χ2n) is 4.99. The van der Waals surface area contributed by atoms with E-state index in [1.807, 2.05) is 31.2 Å². The zero-order valence-electron chi connectivity index (χ0n) is 12.4. The average Bonchev–Trinajstić information content (AvgIpc) is 2.45. The minimum atomic E-state index is -0.676. The largest absolute Gasteiger partial charge is 0.399 e. The summed E-state index contributed by atoms with van der Waals surface area (Å²) in [5.74, 6) is -0.197. The number of nitrogen functional groups attached to an aromatic ring is 1. The van der Waals surface area contributed by atoms with Gasteiger partial charge in [-0.2, -0.15) is 0 Å². The van der Waals surface area contributed by atoms with Gasteiger partial charge in [0.15, 0.2) is 0 Å². The van der Waals surface area contributed by atoms with Gasteiger partial charge in [0.05, 0.1) is 0 Å². The van der Waals surface area contributed by atoms with Gasteiger partial charge < -0.3 is 22.1 Å². The molecule has 1 atom stereocenters. The van der Waals surface area contributed by atoms with Gasteiger partial charge in [0.1, 0.15) is 6.04 Å². The highest BCUT2D eigenvalue weighted by molar-refractivity contribution is 5.86. The number of unbranched alkanes of at least 4 members (excludes halogenated alkanes) is 1. The lowest BCUT2D eigenvalue weighted by Gasteiger charge is -2.17. The van der Waals surface area contributed by atoms with Gasteiger partial charge in [-0.05, 0) is 30.5 Å². The van der Waals surface area contributed by atoms with Crippen molar-refractivity contribution in [2.24, 2.45) is 5.73 Å². The van der Waals surface area contributed by atoms with Crippen LogP contribution >= 0.6 is 0 Å². The first-order valence-electron chi connectivity index (χ1n) is 7.21. The molecule has 6 heteroatoms.